The van der Waals surface area contributed by atoms with Gasteiger partial charge in [0.05, 0.1) is 19.1 Å². The van der Waals surface area contributed by atoms with Gasteiger partial charge in [0, 0.05) is 24.0 Å². The quantitative estimate of drug-likeness (QED) is 0.859. The summed E-state index contributed by atoms with van der Waals surface area (Å²) in [7, 11) is -0.522. The van der Waals surface area contributed by atoms with Gasteiger partial charge in [-0.3, -0.25) is 0 Å². The van der Waals surface area contributed by atoms with Crippen molar-refractivity contribution in [3.05, 3.63) is 40.1 Å². The predicted octanol–water partition coefficient (Wildman–Crippen LogP) is 2.51. The largest absolute Gasteiger partial charge is 0.493 e. The number of rotatable bonds is 4. The summed E-state index contributed by atoms with van der Waals surface area (Å²) in [6.45, 7) is 0.930. The highest BCUT2D eigenvalue weighted by atomic mass is 32.2. The van der Waals surface area contributed by atoms with Gasteiger partial charge in [0.2, 0.25) is 10.0 Å². The molecule has 1 aromatic carbocycles. The lowest BCUT2D eigenvalue weighted by molar-refractivity contribution is 0.353. The van der Waals surface area contributed by atoms with Crippen LogP contribution in [0.2, 0.25) is 0 Å². The van der Waals surface area contributed by atoms with Gasteiger partial charge in [-0.05, 0) is 35.6 Å². The monoisotopic (exact) mass is 339 g/mol. The van der Waals surface area contributed by atoms with Gasteiger partial charge in [-0.1, -0.05) is 0 Å². The molecule has 1 aromatic heterocycles. The van der Waals surface area contributed by atoms with E-state index in [9.17, 15) is 8.42 Å². The first-order valence-electron chi connectivity index (χ1n) is 6.83. The average molecular weight is 339 g/mol. The fourth-order valence-corrected chi connectivity index (χ4v) is 4.88. The van der Waals surface area contributed by atoms with Gasteiger partial charge in [0.25, 0.3) is 0 Å². The maximum absolute atomic E-state index is 12.8. The number of sulfonamides is 1. The third-order valence-corrected chi connectivity index (χ3v) is 6.63. The Kier molecular flexibility index (Phi) is 4.12. The van der Waals surface area contributed by atoms with Gasteiger partial charge in [-0.2, -0.15) is 4.31 Å². The number of methoxy groups -OCH3 is 2. The highest BCUT2D eigenvalue weighted by molar-refractivity contribution is 7.89. The van der Waals surface area contributed by atoms with E-state index in [0.717, 1.165) is 12.0 Å². The zero-order valence-corrected chi connectivity index (χ0v) is 14.0. The molecular weight excluding hydrogens is 322 g/mol. The summed E-state index contributed by atoms with van der Waals surface area (Å²) in [5.41, 5.74) is 1.10. The molecule has 0 atom stereocenters. The highest BCUT2D eigenvalue weighted by Gasteiger charge is 2.29. The van der Waals surface area contributed by atoms with E-state index in [1.54, 1.807) is 23.5 Å². The van der Waals surface area contributed by atoms with Crippen LogP contribution in [0.25, 0.3) is 0 Å². The summed E-state index contributed by atoms with van der Waals surface area (Å²) in [5, 5.41) is 2.01. The summed E-state index contributed by atoms with van der Waals surface area (Å²) in [6.07, 6.45) is 0.763. The molecule has 0 aliphatic carbocycles. The zero-order chi connectivity index (χ0) is 15.7. The van der Waals surface area contributed by atoms with Crippen LogP contribution in [0.15, 0.2) is 34.5 Å². The van der Waals surface area contributed by atoms with Crippen LogP contribution in [-0.2, 0) is 23.0 Å². The van der Waals surface area contributed by atoms with Gasteiger partial charge in [-0.25, -0.2) is 8.42 Å². The smallest absolute Gasteiger partial charge is 0.243 e. The van der Waals surface area contributed by atoms with Crippen LogP contribution < -0.4 is 9.47 Å². The minimum Gasteiger partial charge on any atom is -0.493 e. The van der Waals surface area contributed by atoms with Crippen molar-refractivity contribution in [1.82, 2.24) is 4.31 Å². The second-order valence-corrected chi connectivity index (χ2v) is 7.91. The first-order chi connectivity index (χ1) is 10.6. The van der Waals surface area contributed by atoms with E-state index in [4.69, 9.17) is 9.47 Å². The van der Waals surface area contributed by atoms with Crippen LogP contribution in [0.3, 0.4) is 0 Å². The maximum Gasteiger partial charge on any atom is 0.243 e. The lowest BCUT2D eigenvalue weighted by Crippen LogP contribution is -2.35. The van der Waals surface area contributed by atoms with Crippen LogP contribution >= 0.6 is 11.3 Å². The summed E-state index contributed by atoms with van der Waals surface area (Å²) < 4.78 is 37.5. The van der Waals surface area contributed by atoms with E-state index in [2.05, 4.69) is 0 Å². The first kappa shape index (κ1) is 15.3. The Hall–Kier alpha value is -1.57. The van der Waals surface area contributed by atoms with Crippen molar-refractivity contribution in [3.8, 4) is 11.5 Å². The number of fused-ring (bicyclic) bond motifs is 1. The Morgan fingerprint density at radius 3 is 2.64 bits per heavy atom. The van der Waals surface area contributed by atoms with Crippen LogP contribution in [-0.4, -0.2) is 33.5 Å². The number of benzene rings is 1. The Bertz CT molecular complexity index is 783. The number of ether oxygens (including phenoxy) is 2. The van der Waals surface area contributed by atoms with Gasteiger partial charge < -0.3 is 9.47 Å². The molecule has 0 fully saturated rings. The first-order valence-corrected chi connectivity index (χ1v) is 9.15. The predicted molar refractivity (Wildman–Crippen MR) is 85.2 cm³/mol. The van der Waals surface area contributed by atoms with E-state index in [-0.39, 0.29) is 4.90 Å². The number of thiophene rings is 1. The molecule has 5 nitrogen and oxygen atoms in total. The lowest BCUT2D eigenvalue weighted by Gasteiger charge is -2.26. The molecule has 0 N–H and O–H groups in total. The summed E-state index contributed by atoms with van der Waals surface area (Å²) in [6, 6.07) is 6.68. The van der Waals surface area contributed by atoms with E-state index >= 15 is 0 Å². The van der Waals surface area contributed by atoms with E-state index < -0.39 is 10.0 Å². The van der Waals surface area contributed by atoms with Crippen LogP contribution in [0.4, 0.5) is 0 Å². The molecule has 0 unspecified atom stereocenters. The zero-order valence-electron chi connectivity index (χ0n) is 12.4. The molecule has 0 saturated carbocycles. The molecule has 7 heteroatoms. The summed E-state index contributed by atoms with van der Waals surface area (Å²) >= 11 is 1.69. The van der Waals surface area contributed by atoms with Crippen molar-refractivity contribution < 1.29 is 17.9 Å². The maximum atomic E-state index is 12.8. The lowest BCUT2D eigenvalue weighted by atomic mass is 10.1. The fraction of sp³-hybridized carbons (Fsp3) is 0.333. The molecule has 0 amide bonds. The number of hydrogen-bond acceptors (Lipinski definition) is 5. The van der Waals surface area contributed by atoms with Crippen molar-refractivity contribution in [2.45, 2.75) is 17.9 Å². The van der Waals surface area contributed by atoms with Crippen LogP contribution in [0.5, 0.6) is 11.5 Å². The Morgan fingerprint density at radius 2 is 1.91 bits per heavy atom. The average Bonchev–Trinajstić information content (AvgIpc) is 3.01. The topological polar surface area (TPSA) is 55.8 Å². The highest BCUT2D eigenvalue weighted by Crippen LogP contribution is 2.33. The minimum atomic E-state index is -3.54. The standard InChI is InChI=1S/C15H17NO4S2/c1-19-13-4-3-12(9-14(13)20-2)22(17,18)16-7-5-15-11(10-16)6-8-21-15/h3-4,6,8-9H,5,7,10H2,1-2H3. The van der Waals surface area contributed by atoms with Gasteiger partial charge in [0.15, 0.2) is 11.5 Å². The van der Waals surface area contributed by atoms with E-state index in [0.29, 0.717) is 24.6 Å². The van der Waals surface area contributed by atoms with Crippen LogP contribution in [0, 0.1) is 0 Å². The molecule has 0 radical (unpaired) electrons. The van der Waals surface area contributed by atoms with Crippen molar-refractivity contribution in [2.75, 3.05) is 20.8 Å². The molecular formula is C15H17NO4S2. The fourth-order valence-electron chi connectivity index (χ4n) is 2.55. The molecule has 2 heterocycles. The molecule has 3 rings (SSSR count). The van der Waals surface area contributed by atoms with Crippen molar-refractivity contribution in [2.24, 2.45) is 0 Å². The van der Waals surface area contributed by atoms with Crippen molar-refractivity contribution in [3.63, 3.8) is 0 Å². The van der Waals surface area contributed by atoms with E-state index in [1.807, 2.05) is 11.4 Å². The van der Waals surface area contributed by atoms with Crippen molar-refractivity contribution >= 4 is 21.4 Å². The number of nitrogens with zero attached hydrogens (tertiary/aromatic N) is 1. The molecule has 1 aliphatic heterocycles. The molecule has 118 valence electrons. The second kappa shape index (κ2) is 5.91. The van der Waals surface area contributed by atoms with Crippen LogP contribution in [0.1, 0.15) is 10.4 Å². The van der Waals surface area contributed by atoms with Gasteiger partial charge in [-0.15, -0.1) is 11.3 Å². The molecule has 0 saturated heterocycles. The van der Waals surface area contributed by atoms with Crippen molar-refractivity contribution in [1.29, 1.82) is 0 Å². The minimum absolute atomic E-state index is 0.226. The Morgan fingerprint density at radius 1 is 1.14 bits per heavy atom. The molecule has 0 spiro atoms. The number of hydrogen-bond donors (Lipinski definition) is 0. The summed E-state index contributed by atoms with van der Waals surface area (Å²) in [5.74, 6) is 0.928. The molecule has 22 heavy (non-hydrogen) atoms. The normalized spacial score (nSPS) is 15.4. The summed E-state index contributed by atoms with van der Waals surface area (Å²) in [4.78, 5) is 1.50. The third-order valence-electron chi connectivity index (χ3n) is 3.77. The van der Waals surface area contributed by atoms with E-state index in [1.165, 1.54) is 29.5 Å². The Balaban J connectivity index is 1.94. The molecule has 1 aliphatic rings. The van der Waals surface area contributed by atoms with Gasteiger partial charge in [0.1, 0.15) is 0 Å². The third kappa shape index (κ3) is 2.60. The second-order valence-electron chi connectivity index (χ2n) is 4.97. The molecule has 2 aromatic rings. The Labute approximate surface area is 134 Å². The van der Waals surface area contributed by atoms with Gasteiger partial charge >= 0.3 is 0 Å². The SMILES string of the molecule is COc1ccc(S(=O)(=O)N2CCc3sccc3C2)cc1OC. The molecule has 0 bridgehead atoms.